The number of nitrogens with two attached hydrogens (primary N) is 1. The van der Waals surface area contributed by atoms with E-state index in [9.17, 15) is 10.1 Å². The largest absolute Gasteiger partial charge is 0.481 e. The number of anilines is 1. The lowest BCUT2D eigenvalue weighted by molar-refractivity contribution is -0.384. The number of nitro benzene ring substituents is 1. The van der Waals surface area contributed by atoms with Gasteiger partial charge in [-0.3, -0.25) is 10.1 Å². The minimum atomic E-state index is -0.532. The Hall–Kier alpha value is -1.05. The van der Waals surface area contributed by atoms with E-state index >= 15 is 0 Å². The van der Waals surface area contributed by atoms with Gasteiger partial charge in [0.2, 0.25) is 0 Å². The Morgan fingerprint density at radius 1 is 1.62 bits per heavy atom. The number of rotatable bonds is 3. The Morgan fingerprint density at radius 3 is 2.85 bits per heavy atom. The van der Waals surface area contributed by atoms with Gasteiger partial charge in [0.25, 0.3) is 5.69 Å². The Bertz CT molecular complexity index is 330. The van der Waals surface area contributed by atoms with Crippen molar-refractivity contribution in [2.24, 2.45) is 0 Å². The zero-order valence-electron chi connectivity index (χ0n) is 6.57. The third kappa shape index (κ3) is 2.20. The highest BCUT2D eigenvalue weighted by Crippen LogP contribution is 2.30. The molecule has 0 atom stereocenters. The average Bonchev–Trinajstić information content (AvgIpc) is 2.08. The first kappa shape index (κ1) is 10.0. The highest BCUT2D eigenvalue weighted by atomic mass is 127. The van der Waals surface area contributed by atoms with Gasteiger partial charge in [-0.05, 0) is 28.7 Å². The van der Waals surface area contributed by atoms with Crippen molar-refractivity contribution in [1.29, 1.82) is 0 Å². The zero-order valence-corrected chi connectivity index (χ0v) is 8.72. The van der Waals surface area contributed by atoms with Crippen LogP contribution in [0, 0.1) is 10.1 Å². The van der Waals surface area contributed by atoms with Crippen LogP contribution in [-0.2, 0) is 0 Å². The van der Waals surface area contributed by atoms with Crippen molar-refractivity contribution in [1.82, 2.24) is 0 Å². The lowest BCUT2D eigenvalue weighted by Gasteiger charge is -2.04. The van der Waals surface area contributed by atoms with Crippen LogP contribution in [0.15, 0.2) is 18.2 Å². The quantitative estimate of drug-likeness (QED) is 0.304. The molecule has 0 amide bonds. The maximum Gasteiger partial charge on any atom is 0.295 e. The van der Waals surface area contributed by atoms with Crippen LogP contribution in [0.1, 0.15) is 0 Å². The molecule has 1 aromatic rings. The number of hydrogen-bond acceptors (Lipinski definition) is 4. The molecule has 0 aromatic heterocycles. The molecule has 0 bridgehead atoms. The highest BCUT2D eigenvalue weighted by molar-refractivity contribution is 14.1. The molecule has 1 rings (SSSR count). The summed E-state index contributed by atoms with van der Waals surface area (Å²) in [5.74, 6) is 0.351. The van der Waals surface area contributed by atoms with Crippen molar-refractivity contribution in [3.63, 3.8) is 0 Å². The lowest BCUT2D eigenvalue weighted by Crippen LogP contribution is -1.99. The summed E-state index contributed by atoms with van der Waals surface area (Å²) in [6, 6.07) is 4.48. The van der Waals surface area contributed by atoms with Crippen molar-refractivity contribution in [3.8, 4) is 5.75 Å². The van der Waals surface area contributed by atoms with E-state index < -0.39 is 4.92 Å². The van der Waals surface area contributed by atoms with Gasteiger partial charge in [-0.25, -0.2) is 0 Å². The lowest BCUT2D eigenvalue weighted by atomic mass is 10.2. The fourth-order valence-electron chi connectivity index (χ4n) is 0.876. The minimum Gasteiger partial charge on any atom is -0.481 e. The van der Waals surface area contributed by atoms with Gasteiger partial charge in [0.15, 0.2) is 5.69 Å². The Kier molecular flexibility index (Phi) is 3.29. The Morgan fingerprint density at radius 2 is 2.31 bits per heavy atom. The normalized spacial score (nSPS) is 9.62. The molecule has 13 heavy (non-hydrogen) atoms. The molecule has 0 saturated heterocycles. The summed E-state index contributed by atoms with van der Waals surface area (Å²) in [5.41, 5.74) is 5.45. The number of halogens is 1. The van der Waals surface area contributed by atoms with Crippen LogP contribution in [0.3, 0.4) is 0 Å². The first-order chi connectivity index (χ1) is 6.16. The fourth-order valence-corrected chi connectivity index (χ4v) is 1.21. The summed E-state index contributed by atoms with van der Waals surface area (Å²) < 4.78 is 5.49. The molecule has 0 fully saturated rings. The third-order valence-electron chi connectivity index (χ3n) is 1.45. The van der Waals surface area contributed by atoms with Crippen LogP contribution in [0.5, 0.6) is 5.75 Å². The Balaban J connectivity index is 3.10. The summed E-state index contributed by atoms with van der Waals surface area (Å²) in [6.07, 6.45) is 0. The van der Waals surface area contributed by atoms with Gasteiger partial charge in [0.1, 0.15) is 10.4 Å². The van der Waals surface area contributed by atoms with Gasteiger partial charge in [-0.15, -0.1) is 0 Å². The molecule has 0 radical (unpaired) electrons. The summed E-state index contributed by atoms with van der Waals surface area (Å²) in [7, 11) is 0. The predicted octanol–water partition coefficient (Wildman–Crippen LogP) is 1.95. The van der Waals surface area contributed by atoms with E-state index in [-0.39, 0.29) is 11.4 Å². The zero-order chi connectivity index (χ0) is 9.84. The number of nitrogens with zero attached hydrogens (tertiary/aromatic N) is 1. The van der Waals surface area contributed by atoms with E-state index in [0.717, 1.165) is 0 Å². The van der Waals surface area contributed by atoms with Crippen molar-refractivity contribution in [2.75, 3.05) is 10.3 Å². The molecule has 6 heteroatoms. The van der Waals surface area contributed by atoms with E-state index in [1.165, 1.54) is 12.1 Å². The molecule has 2 N–H and O–H groups in total. The summed E-state index contributed by atoms with van der Waals surface area (Å²) >= 11 is 1.99. The van der Waals surface area contributed by atoms with E-state index in [2.05, 4.69) is 0 Å². The Labute approximate surface area is 88.2 Å². The number of alkyl halides is 1. The molecule has 0 aliphatic heterocycles. The summed E-state index contributed by atoms with van der Waals surface area (Å²) in [6.45, 7) is 0. The van der Waals surface area contributed by atoms with Crippen molar-refractivity contribution in [2.45, 2.75) is 0 Å². The number of ether oxygens (including phenoxy) is 1. The van der Waals surface area contributed by atoms with Gasteiger partial charge in [0.05, 0.1) is 4.92 Å². The first-order valence-electron chi connectivity index (χ1n) is 3.38. The fraction of sp³-hybridized carbons (Fsp3) is 0.143. The van der Waals surface area contributed by atoms with Gasteiger partial charge >= 0.3 is 0 Å². The van der Waals surface area contributed by atoms with Crippen LogP contribution in [0.25, 0.3) is 0 Å². The second-order valence-corrected chi connectivity index (χ2v) is 2.82. The number of benzene rings is 1. The van der Waals surface area contributed by atoms with Gasteiger partial charge < -0.3 is 10.5 Å². The molecule has 0 saturated carbocycles. The maximum atomic E-state index is 10.4. The van der Waals surface area contributed by atoms with Crippen LogP contribution < -0.4 is 10.5 Å². The molecule has 0 aliphatic carbocycles. The SMILES string of the molecule is Nc1c(OCI)cccc1[N+](=O)[O-]. The van der Waals surface area contributed by atoms with Crippen LogP contribution in [0.4, 0.5) is 11.4 Å². The van der Waals surface area contributed by atoms with Crippen LogP contribution >= 0.6 is 22.6 Å². The van der Waals surface area contributed by atoms with E-state index in [1.54, 1.807) is 6.07 Å². The second kappa shape index (κ2) is 4.26. The van der Waals surface area contributed by atoms with E-state index in [4.69, 9.17) is 10.5 Å². The van der Waals surface area contributed by atoms with Crippen molar-refractivity contribution >= 4 is 34.0 Å². The van der Waals surface area contributed by atoms with Crippen molar-refractivity contribution < 1.29 is 9.66 Å². The van der Waals surface area contributed by atoms with Crippen molar-refractivity contribution in [3.05, 3.63) is 28.3 Å². The van der Waals surface area contributed by atoms with Crippen LogP contribution in [-0.4, -0.2) is 9.54 Å². The first-order valence-corrected chi connectivity index (χ1v) is 4.91. The molecule has 0 unspecified atom stereocenters. The maximum absolute atomic E-state index is 10.4. The second-order valence-electron chi connectivity index (χ2n) is 2.20. The molecular formula is C7H7IN2O3. The molecule has 70 valence electrons. The summed E-state index contributed by atoms with van der Waals surface area (Å²) in [5, 5.41) is 10.4. The molecule has 0 spiro atoms. The molecule has 0 heterocycles. The molecular weight excluding hydrogens is 287 g/mol. The third-order valence-corrected chi connectivity index (χ3v) is 1.76. The average molecular weight is 294 g/mol. The smallest absolute Gasteiger partial charge is 0.295 e. The predicted molar refractivity (Wildman–Crippen MR) is 57.0 cm³/mol. The number of hydrogen-bond donors (Lipinski definition) is 1. The van der Waals surface area contributed by atoms with Gasteiger partial charge in [-0.2, -0.15) is 0 Å². The highest BCUT2D eigenvalue weighted by Gasteiger charge is 2.14. The minimum absolute atomic E-state index is 0.0733. The number of nitro groups is 1. The summed E-state index contributed by atoms with van der Waals surface area (Å²) in [4.78, 5) is 9.91. The van der Waals surface area contributed by atoms with E-state index in [0.29, 0.717) is 10.4 Å². The monoisotopic (exact) mass is 294 g/mol. The van der Waals surface area contributed by atoms with Gasteiger partial charge in [-0.1, -0.05) is 6.07 Å². The number of para-hydroxylation sites is 1. The molecule has 0 aliphatic rings. The van der Waals surface area contributed by atoms with Crippen LogP contribution in [0.2, 0.25) is 0 Å². The molecule has 5 nitrogen and oxygen atoms in total. The number of nitrogen functional groups attached to an aromatic ring is 1. The van der Waals surface area contributed by atoms with E-state index in [1.807, 2.05) is 22.6 Å². The van der Waals surface area contributed by atoms with Gasteiger partial charge in [0, 0.05) is 6.07 Å². The topological polar surface area (TPSA) is 78.4 Å². The molecule has 1 aromatic carbocycles. The standard InChI is InChI=1S/C7H7IN2O3/c8-4-13-6-3-1-2-5(7(6)9)10(11)12/h1-3H,4,9H2.